The Hall–Kier alpha value is -2.14. The van der Waals surface area contributed by atoms with Gasteiger partial charge in [-0.3, -0.25) is 4.79 Å². The number of hydrogen-bond donors (Lipinski definition) is 2. The van der Waals surface area contributed by atoms with Crippen LogP contribution < -0.4 is 11.1 Å². The Morgan fingerprint density at radius 1 is 1.29 bits per heavy atom. The third-order valence-electron chi connectivity index (χ3n) is 3.30. The lowest BCUT2D eigenvalue weighted by atomic mass is 10.1. The molecule has 1 aromatic carbocycles. The molecule has 4 nitrogen and oxygen atoms in total. The SMILES string of the molecule is Cc1cc(C(C)NC(=O)c2cccc(C(N)=S)c2)c(C)o1. The van der Waals surface area contributed by atoms with Crippen LogP contribution in [0.5, 0.6) is 0 Å². The van der Waals surface area contributed by atoms with Crippen molar-refractivity contribution in [2.45, 2.75) is 26.8 Å². The van der Waals surface area contributed by atoms with Crippen LogP contribution in [-0.4, -0.2) is 10.9 Å². The molecule has 1 unspecified atom stereocenters. The third-order valence-corrected chi connectivity index (χ3v) is 3.54. The fourth-order valence-electron chi connectivity index (χ4n) is 2.25. The first-order valence-electron chi connectivity index (χ1n) is 6.66. The molecular formula is C16H18N2O2S. The number of benzene rings is 1. The van der Waals surface area contributed by atoms with Crippen molar-refractivity contribution in [3.8, 4) is 0 Å². The highest BCUT2D eigenvalue weighted by atomic mass is 32.1. The van der Waals surface area contributed by atoms with Gasteiger partial charge in [0.15, 0.2) is 0 Å². The van der Waals surface area contributed by atoms with Gasteiger partial charge in [-0.15, -0.1) is 0 Å². The molecule has 21 heavy (non-hydrogen) atoms. The van der Waals surface area contributed by atoms with E-state index in [1.807, 2.05) is 26.8 Å². The third kappa shape index (κ3) is 3.49. The first-order chi connectivity index (χ1) is 9.88. The molecule has 0 aliphatic rings. The highest BCUT2D eigenvalue weighted by Crippen LogP contribution is 2.21. The molecule has 5 heteroatoms. The monoisotopic (exact) mass is 302 g/mol. The van der Waals surface area contributed by atoms with E-state index in [4.69, 9.17) is 22.4 Å². The summed E-state index contributed by atoms with van der Waals surface area (Å²) >= 11 is 4.93. The highest BCUT2D eigenvalue weighted by molar-refractivity contribution is 7.80. The maximum atomic E-state index is 12.3. The summed E-state index contributed by atoms with van der Waals surface area (Å²) in [5.41, 5.74) is 7.78. The minimum Gasteiger partial charge on any atom is -0.466 e. The molecule has 2 rings (SSSR count). The molecule has 1 aromatic heterocycles. The van der Waals surface area contributed by atoms with E-state index in [0.717, 1.165) is 17.1 Å². The Labute approximate surface area is 129 Å². The number of carbonyl (C=O) groups excluding carboxylic acids is 1. The van der Waals surface area contributed by atoms with Crippen LogP contribution in [0, 0.1) is 13.8 Å². The lowest BCUT2D eigenvalue weighted by Gasteiger charge is -2.13. The Bertz CT molecular complexity index is 691. The Balaban J connectivity index is 2.16. The fourth-order valence-corrected chi connectivity index (χ4v) is 2.38. The van der Waals surface area contributed by atoms with Crippen molar-refractivity contribution in [3.05, 3.63) is 58.5 Å². The van der Waals surface area contributed by atoms with Gasteiger partial charge in [-0.1, -0.05) is 24.4 Å². The van der Waals surface area contributed by atoms with Crippen molar-refractivity contribution >= 4 is 23.1 Å². The van der Waals surface area contributed by atoms with Crippen molar-refractivity contribution < 1.29 is 9.21 Å². The highest BCUT2D eigenvalue weighted by Gasteiger charge is 2.16. The van der Waals surface area contributed by atoms with E-state index in [-0.39, 0.29) is 16.9 Å². The summed E-state index contributed by atoms with van der Waals surface area (Å²) in [5, 5.41) is 2.95. The average Bonchev–Trinajstić information content (AvgIpc) is 2.77. The van der Waals surface area contributed by atoms with Crippen LogP contribution in [0.15, 0.2) is 34.7 Å². The number of furan rings is 1. The first kappa shape index (κ1) is 15.3. The molecular weight excluding hydrogens is 284 g/mol. The van der Waals surface area contributed by atoms with Gasteiger partial charge < -0.3 is 15.5 Å². The van der Waals surface area contributed by atoms with Gasteiger partial charge in [-0.25, -0.2) is 0 Å². The molecule has 0 radical (unpaired) electrons. The predicted octanol–water partition coefficient (Wildman–Crippen LogP) is 3.02. The van der Waals surface area contributed by atoms with Crippen LogP contribution >= 0.6 is 12.2 Å². The summed E-state index contributed by atoms with van der Waals surface area (Å²) < 4.78 is 5.49. The van der Waals surface area contributed by atoms with Gasteiger partial charge in [0, 0.05) is 16.7 Å². The Morgan fingerprint density at radius 2 is 1.95 bits per heavy atom. The standard InChI is InChI=1S/C16H18N2O2S/c1-9-7-14(11(3)20-9)10(2)18-16(19)13-6-4-5-12(8-13)15(17)21/h4-8,10H,1-3H3,(H2,17,21)(H,18,19). The number of thiocarbonyl (C=S) groups is 1. The molecule has 0 aliphatic heterocycles. The van der Waals surface area contributed by atoms with Gasteiger partial charge in [0.2, 0.25) is 0 Å². The van der Waals surface area contributed by atoms with Gasteiger partial charge in [-0.2, -0.15) is 0 Å². The van der Waals surface area contributed by atoms with Crippen molar-refractivity contribution in [2.75, 3.05) is 0 Å². The lowest BCUT2D eigenvalue weighted by Crippen LogP contribution is -2.27. The largest absolute Gasteiger partial charge is 0.466 e. The number of nitrogens with one attached hydrogen (secondary N) is 1. The molecule has 0 spiro atoms. The minimum absolute atomic E-state index is 0.136. The van der Waals surface area contributed by atoms with Gasteiger partial charge in [0.05, 0.1) is 6.04 Å². The van der Waals surface area contributed by atoms with E-state index >= 15 is 0 Å². The molecule has 1 heterocycles. The molecule has 3 N–H and O–H groups in total. The second-order valence-corrected chi connectivity index (χ2v) is 5.45. The maximum Gasteiger partial charge on any atom is 0.251 e. The number of aryl methyl sites for hydroxylation is 2. The smallest absolute Gasteiger partial charge is 0.251 e. The van der Waals surface area contributed by atoms with Gasteiger partial charge in [0.1, 0.15) is 16.5 Å². The second-order valence-electron chi connectivity index (χ2n) is 5.01. The van der Waals surface area contributed by atoms with Crippen LogP contribution in [0.4, 0.5) is 0 Å². The predicted molar refractivity (Wildman–Crippen MR) is 86.4 cm³/mol. The van der Waals surface area contributed by atoms with Crippen molar-refractivity contribution in [1.82, 2.24) is 5.32 Å². The minimum atomic E-state index is -0.168. The van der Waals surface area contributed by atoms with E-state index < -0.39 is 0 Å². The van der Waals surface area contributed by atoms with Crippen LogP contribution in [0.1, 0.15) is 46.0 Å². The Morgan fingerprint density at radius 3 is 2.52 bits per heavy atom. The number of hydrogen-bond acceptors (Lipinski definition) is 3. The van der Waals surface area contributed by atoms with Crippen LogP contribution in [-0.2, 0) is 0 Å². The molecule has 0 saturated heterocycles. The van der Waals surface area contributed by atoms with E-state index in [2.05, 4.69) is 5.32 Å². The normalized spacial score (nSPS) is 12.0. The molecule has 0 saturated carbocycles. The number of rotatable bonds is 4. The molecule has 1 atom stereocenters. The Kier molecular flexibility index (Phi) is 4.43. The number of amides is 1. The summed E-state index contributed by atoms with van der Waals surface area (Å²) in [6, 6.07) is 8.78. The van der Waals surface area contributed by atoms with Gasteiger partial charge in [0.25, 0.3) is 5.91 Å². The van der Waals surface area contributed by atoms with Crippen LogP contribution in [0.2, 0.25) is 0 Å². The molecule has 0 bridgehead atoms. The quantitative estimate of drug-likeness (QED) is 0.852. The molecule has 0 aliphatic carbocycles. The zero-order chi connectivity index (χ0) is 15.6. The van der Waals surface area contributed by atoms with Crippen LogP contribution in [0.3, 0.4) is 0 Å². The zero-order valence-electron chi connectivity index (χ0n) is 12.3. The van der Waals surface area contributed by atoms with Crippen molar-refractivity contribution in [2.24, 2.45) is 5.73 Å². The van der Waals surface area contributed by atoms with Gasteiger partial charge in [-0.05, 0) is 39.0 Å². The summed E-state index contributed by atoms with van der Waals surface area (Å²) in [7, 11) is 0. The van der Waals surface area contributed by atoms with Gasteiger partial charge >= 0.3 is 0 Å². The second kappa shape index (κ2) is 6.10. The van der Waals surface area contributed by atoms with E-state index in [1.165, 1.54) is 0 Å². The maximum absolute atomic E-state index is 12.3. The van der Waals surface area contributed by atoms with E-state index in [1.54, 1.807) is 24.3 Å². The van der Waals surface area contributed by atoms with Crippen LogP contribution in [0.25, 0.3) is 0 Å². The zero-order valence-corrected chi connectivity index (χ0v) is 13.1. The topological polar surface area (TPSA) is 68.3 Å². The number of nitrogens with two attached hydrogens (primary N) is 1. The summed E-state index contributed by atoms with van der Waals surface area (Å²) in [6.07, 6.45) is 0. The molecule has 2 aromatic rings. The molecule has 0 fully saturated rings. The van der Waals surface area contributed by atoms with E-state index in [9.17, 15) is 4.79 Å². The first-order valence-corrected chi connectivity index (χ1v) is 7.07. The fraction of sp³-hybridized carbons (Fsp3) is 0.250. The molecule has 110 valence electrons. The molecule has 1 amide bonds. The summed E-state index contributed by atoms with van der Waals surface area (Å²) in [4.78, 5) is 12.6. The van der Waals surface area contributed by atoms with E-state index in [0.29, 0.717) is 11.1 Å². The average molecular weight is 302 g/mol. The summed E-state index contributed by atoms with van der Waals surface area (Å²) in [6.45, 7) is 5.70. The lowest BCUT2D eigenvalue weighted by molar-refractivity contribution is 0.0939. The summed E-state index contributed by atoms with van der Waals surface area (Å²) in [5.74, 6) is 1.48. The van der Waals surface area contributed by atoms with Crippen molar-refractivity contribution in [1.29, 1.82) is 0 Å². The van der Waals surface area contributed by atoms with Crippen molar-refractivity contribution in [3.63, 3.8) is 0 Å². The number of carbonyl (C=O) groups is 1.